The lowest BCUT2D eigenvalue weighted by atomic mass is 10.1. The molecule has 0 heterocycles. The number of carbonyl (C=O) groups is 3. The average Bonchev–Trinajstić information content (AvgIpc) is 2.50. The minimum atomic E-state index is -4.44. The molecule has 0 aromatic heterocycles. The number of ether oxygens (including phenoxy) is 1. The summed E-state index contributed by atoms with van der Waals surface area (Å²) < 4.78 is 42.3. The quantitative estimate of drug-likeness (QED) is 0.614. The summed E-state index contributed by atoms with van der Waals surface area (Å²) in [5.41, 5.74) is -1.00. The number of carbonyl (C=O) groups excluding carboxylic acids is 3. The predicted molar refractivity (Wildman–Crippen MR) is 92.5 cm³/mol. The summed E-state index contributed by atoms with van der Waals surface area (Å²) in [6.45, 7) is 6.47. The monoisotopic (exact) mass is 386 g/mol. The molecule has 1 aromatic rings. The molecule has 9 heteroatoms. The molecule has 0 fully saturated rings. The Hall–Kier alpha value is -2.84. The van der Waals surface area contributed by atoms with Gasteiger partial charge in [-0.25, -0.2) is 9.59 Å². The van der Waals surface area contributed by atoms with Gasteiger partial charge in [-0.3, -0.25) is 10.1 Å². The third-order valence-corrected chi connectivity index (χ3v) is 3.04. The number of alkyl halides is 3. The highest BCUT2D eigenvalue weighted by Gasteiger charge is 2.29. The molecule has 6 nitrogen and oxygen atoms in total. The Morgan fingerprint density at radius 3 is 2.11 bits per heavy atom. The van der Waals surface area contributed by atoms with Crippen molar-refractivity contribution in [3.05, 3.63) is 41.5 Å². The molecule has 1 aromatic carbocycles. The van der Waals surface area contributed by atoms with E-state index in [1.807, 2.05) is 5.32 Å². The van der Waals surface area contributed by atoms with Crippen molar-refractivity contribution in [3.8, 4) is 0 Å². The average molecular weight is 386 g/mol. The Morgan fingerprint density at radius 2 is 1.63 bits per heavy atom. The second-order valence-electron chi connectivity index (χ2n) is 6.73. The fraction of sp³-hybridized carbons (Fsp3) is 0.389. The molecule has 0 saturated heterocycles. The van der Waals surface area contributed by atoms with Crippen LogP contribution in [0.1, 0.15) is 38.8 Å². The van der Waals surface area contributed by atoms with Crippen molar-refractivity contribution in [3.63, 3.8) is 0 Å². The minimum Gasteiger partial charge on any atom is -0.449 e. The third-order valence-electron chi connectivity index (χ3n) is 3.04. The molecule has 1 unspecified atom stereocenters. The number of benzene rings is 1. The topological polar surface area (TPSA) is 84.5 Å². The summed E-state index contributed by atoms with van der Waals surface area (Å²) in [5, 5.41) is 4.55. The second kappa shape index (κ2) is 8.70. The van der Waals surface area contributed by atoms with E-state index in [-0.39, 0.29) is 0 Å². The predicted octanol–water partition coefficient (Wildman–Crippen LogP) is 3.27. The molecule has 0 aliphatic rings. The van der Waals surface area contributed by atoms with Crippen molar-refractivity contribution in [1.29, 1.82) is 0 Å². The maximum absolute atomic E-state index is 12.5. The van der Waals surface area contributed by atoms with Crippen LogP contribution < -0.4 is 10.6 Å². The van der Waals surface area contributed by atoms with Gasteiger partial charge in [-0.2, -0.15) is 13.2 Å². The van der Waals surface area contributed by atoms with Gasteiger partial charge in [0.2, 0.25) is 0 Å². The molecule has 0 saturated carbocycles. The number of hydrogen-bond donors (Lipinski definition) is 2. The van der Waals surface area contributed by atoms with Crippen LogP contribution in [0.3, 0.4) is 0 Å². The SMILES string of the molecule is CC(OC(=O)/C=C/c1ccc(C(F)(F)F)cc1)C(=O)NC(=O)NC(C)(C)C. The van der Waals surface area contributed by atoms with Gasteiger partial charge in [0.05, 0.1) is 5.56 Å². The van der Waals surface area contributed by atoms with Crippen LogP contribution in [0.4, 0.5) is 18.0 Å². The van der Waals surface area contributed by atoms with E-state index < -0.39 is 41.3 Å². The molecule has 27 heavy (non-hydrogen) atoms. The molecule has 3 amide bonds. The van der Waals surface area contributed by atoms with E-state index in [9.17, 15) is 27.6 Å². The molecule has 0 radical (unpaired) electrons. The first kappa shape index (κ1) is 22.2. The molecule has 0 aliphatic heterocycles. The van der Waals surface area contributed by atoms with Gasteiger partial charge >= 0.3 is 18.2 Å². The molecule has 0 bridgehead atoms. The first-order valence-electron chi connectivity index (χ1n) is 7.97. The lowest BCUT2D eigenvalue weighted by Gasteiger charge is -2.21. The number of nitrogens with one attached hydrogen (secondary N) is 2. The maximum Gasteiger partial charge on any atom is 0.416 e. The Bertz CT molecular complexity index is 720. The molecule has 1 rings (SSSR count). The van der Waals surface area contributed by atoms with Crippen LogP contribution in [0.5, 0.6) is 0 Å². The second-order valence-corrected chi connectivity index (χ2v) is 6.73. The number of hydrogen-bond acceptors (Lipinski definition) is 4. The minimum absolute atomic E-state index is 0.349. The van der Waals surface area contributed by atoms with Gasteiger partial charge in [-0.05, 0) is 51.5 Å². The largest absolute Gasteiger partial charge is 0.449 e. The highest BCUT2D eigenvalue weighted by molar-refractivity contribution is 5.98. The standard InChI is InChI=1S/C18H21F3N2O4/c1-11(15(25)22-16(26)23-17(2,3)4)27-14(24)10-7-12-5-8-13(9-6-12)18(19,20)21/h5-11H,1-4H3,(H2,22,23,25,26)/b10-7+. The van der Waals surface area contributed by atoms with Gasteiger partial charge in [0.15, 0.2) is 6.10 Å². The molecular weight excluding hydrogens is 365 g/mol. The van der Waals surface area contributed by atoms with E-state index in [2.05, 4.69) is 5.32 Å². The van der Waals surface area contributed by atoms with Crippen LogP contribution in [0.15, 0.2) is 30.3 Å². The van der Waals surface area contributed by atoms with Crippen LogP contribution in [0, 0.1) is 0 Å². The van der Waals surface area contributed by atoms with Gasteiger partial charge in [-0.1, -0.05) is 12.1 Å². The molecule has 0 spiro atoms. The number of halogens is 3. The summed E-state index contributed by atoms with van der Waals surface area (Å²) in [7, 11) is 0. The van der Waals surface area contributed by atoms with E-state index in [0.29, 0.717) is 5.56 Å². The summed E-state index contributed by atoms with van der Waals surface area (Å²) in [6, 6.07) is 3.43. The first-order chi connectivity index (χ1) is 12.3. The van der Waals surface area contributed by atoms with Crippen LogP contribution in [0.2, 0.25) is 0 Å². The summed E-state index contributed by atoms with van der Waals surface area (Å²) >= 11 is 0. The number of rotatable bonds is 4. The normalized spacial score (nSPS) is 13.1. The highest BCUT2D eigenvalue weighted by atomic mass is 19.4. The van der Waals surface area contributed by atoms with Crippen molar-refractivity contribution >= 4 is 24.0 Å². The molecular formula is C18H21F3N2O4. The molecule has 148 valence electrons. The summed E-state index contributed by atoms with van der Waals surface area (Å²) in [6.07, 6.45) is -3.45. The van der Waals surface area contributed by atoms with Crippen LogP contribution >= 0.6 is 0 Å². The zero-order valence-corrected chi connectivity index (χ0v) is 15.3. The first-order valence-corrected chi connectivity index (χ1v) is 7.97. The van der Waals surface area contributed by atoms with E-state index in [1.54, 1.807) is 20.8 Å². The van der Waals surface area contributed by atoms with Crippen LogP contribution in [-0.2, 0) is 20.5 Å². The number of esters is 1. The molecule has 2 N–H and O–H groups in total. The van der Waals surface area contributed by atoms with Crippen molar-refractivity contribution in [2.24, 2.45) is 0 Å². The lowest BCUT2D eigenvalue weighted by Crippen LogP contribution is -2.50. The Kier molecular flexibility index (Phi) is 7.15. The molecule has 0 aliphatic carbocycles. The van der Waals surface area contributed by atoms with Crippen molar-refractivity contribution in [2.45, 2.75) is 45.5 Å². The van der Waals surface area contributed by atoms with Crippen molar-refractivity contribution in [1.82, 2.24) is 10.6 Å². The van der Waals surface area contributed by atoms with E-state index in [4.69, 9.17) is 4.74 Å². The van der Waals surface area contributed by atoms with Crippen LogP contribution in [0.25, 0.3) is 6.08 Å². The Balaban J connectivity index is 2.56. The Labute approximate surface area is 154 Å². The van der Waals surface area contributed by atoms with Gasteiger partial charge in [0, 0.05) is 11.6 Å². The summed E-state index contributed by atoms with van der Waals surface area (Å²) in [4.78, 5) is 35.1. The van der Waals surface area contributed by atoms with Gasteiger partial charge in [0.1, 0.15) is 0 Å². The Morgan fingerprint density at radius 1 is 1.07 bits per heavy atom. The zero-order chi connectivity index (χ0) is 20.8. The van der Waals surface area contributed by atoms with E-state index in [0.717, 1.165) is 18.2 Å². The summed E-state index contributed by atoms with van der Waals surface area (Å²) in [5.74, 6) is -1.69. The number of imide groups is 1. The molecule has 1 atom stereocenters. The van der Waals surface area contributed by atoms with E-state index >= 15 is 0 Å². The van der Waals surface area contributed by atoms with Crippen LogP contribution in [-0.4, -0.2) is 29.6 Å². The number of urea groups is 1. The third kappa shape index (κ3) is 8.39. The van der Waals surface area contributed by atoms with Gasteiger partial charge < -0.3 is 10.1 Å². The highest BCUT2D eigenvalue weighted by Crippen LogP contribution is 2.29. The zero-order valence-electron chi connectivity index (χ0n) is 15.3. The van der Waals surface area contributed by atoms with Crippen molar-refractivity contribution in [2.75, 3.05) is 0 Å². The fourth-order valence-corrected chi connectivity index (χ4v) is 1.80. The van der Waals surface area contributed by atoms with Gasteiger partial charge in [-0.15, -0.1) is 0 Å². The smallest absolute Gasteiger partial charge is 0.416 e. The lowest BCUT2D eigenvalue weighted by molar-refractivity contribution is -0.149. The van der Waals surface area contributed by atoms with E-state index in [1.165, 1.54) is 25.1 Å². The van der Waals surface area contributed by atoms with Gasteiger partial charge in [0.25, 0.3) is 5.91 Å². The maximum atomic E-state index is 12.5. The van der Waals surface area contributed by atoms with Crippen molar-refractivity contribution < 1.29 is 32.3 Å². The number of amides is 3. The fourth-order valence-electron chi connectivity index (χ4n) is 1.80.